The Morgan fingerprint density at radius 1 is 1.19 bits per heavy atom. The number of ether oxygens (including phenoxy) is 2. The van der Waals surface area contributed by atoms with Crippen LogP contribution in [0.5, 0.6) is 11.5 Å². The second-order valence-electron chi connectivity index (χ2n) is 7.98. The van der Waals surface area contributed by atoms with Gasteiger partial charge in [-0.1, -0.05) is 0 Å². The zero-order chi connectivity index (χ0) is 22.8. The van der Waals surface area contributed by atoms with Gasteiger partial charge in [0.05, 0.1) is 31.8 Å². The van der Waals surface area contributed by atoms with E-state index in [2.05, 4.69) is 10.2 Å². The number of likely N-dealkylation sites (tertiary alicyclic amines) is 1. The molecule has 4 rings (SSSR count). The summed E-state index contributed by atoms with van der Waals surface area (Å²) in [4.78, 5) is 35.3. The zero-order valence-electron chi connectivity index (χ0n) is 18.9. The molecule has 3 aromatic rings. The largest absolute Gasteiger partial charge is 0.497 e. The average Bonchev–Trinajstić information content (AvgIpc) is 3.39. The van der Waals surface area contributed by atoms with Crippen LogP contribution in [0.25, 0.3) is 10.2 Å². The normalized spacial score (nSPS) is 14.1. The van der Waals surface area contributed by atoms with Crippen molar-refractivity contribution in [1.29, 1.82) is 0 Å². The highest BCUT2D eigenvalue weighted by atomic mass is 32.1. The third kappa shape index (κ3) is 4.35. The molecule has 1 amide bonds. The number of carbonyl (C=O) groups excluding carboxylic acids is 1. The fourth-order valence-electron chi connectivity index (χ4n) is 4.03. The first-order chi connectivity index (χ1) is 15.4. The lowest BCUT2D eigenvalue weighted by Crippen LogP contribution is -2.33. The van der Waals surface area contributed by atoms with Gasteiger partial charge in [-0.25, -0.2) is 4.98 Å². The number of anilines is 1. The topological polar surface area (TPSA) is 85.7 Å². The number of nitrogens with one attached hydrogen (secondary N) is 1. The van der Waals surface area contributed by atoms with Crippen LogP contribution in [0.1, 0.15) is 29.1 Å². The van der Waals surface area contributed by atoms with Gasteiger partial charge in [-0.2, -0.15) is 0 Å². The molecule has 1 aliphatic heterocycles. The summed E-state index contributed by atoms with van der Waals surface area (Å²) in [5.41, 5.74) is 1.29. The second-order valence-corrected chi connectivity index (χ2v) is 9.18. The zero-order valence-corrected chi connectivity index (χ0v) is 19.7. The number of methoxy groups -OCH3 is 2. The molecule has 0 spiro atoms. The minimum absolute atomic E-state index is 0.117. The van der Waals surface area contributed by atoms with Crippen molar-refractivity contribution in [3.8, 4) is 11.5 Å². The van der Waals surface area contributed by atoms with Gasteiger partial charge in [-0.3, -0.25) is 19.1 Å². The fourth-order valence-corrected chi connectivity index (χ4v) is 5.07. The maximum Gasteiger partial charge on any atom is 0.263 e. The van der Waals surface area contributed by atoms with Crippen LogP contribution in [-0.4, -0.2) is 47.7 Å². The van der Waals surface area contributed by atoms with Crippen LogP contribution in [0.15, 0.2) is 23.0 Å². The van der Waals surface area contributed by atoms with E-state index in [1.54, 1.807) is 25.3 Å². The van der Waals surface area contributed by atoms with Crippen LogP contribution in [0, 0.1) is 13.8 Å². The molecule has 1 aliphatic rings. The van der Waals surface area contributed by atoms with E-state index in [1.165, 1.54) is 23.0 Å². The van der Waals surface area contributed by atoms with Gasteiger partial charge in [0.25, 0.3) is 5.56 Å². The van der Waals surface area contributed by atoms with Crippen LogP contribution in [0.3, 0.4) is 0 Å². The van der Waals surface area contributed by atoms with Gasteiger partial charge in [0, 0.05) is 10.9 Å². The molecule has 32 heavy (non-hydrogen) atoms. The molecule has 2 aromatic heterocycles. The van der Waals surface area contributed by atoms with Crippen molar-refractivity contribution in [3.05, 3.63) is 44.8 Å². The number of nitrogens with zero attached hydrogens (tertiary/aromatic N) is 3. The fraction of sp³-hybridized carbons (Fsp3) is 0.435. The van der Waals surface area contributed by atoms with E-state index < -0.39 is 0 Å². The number of carbonyl (C=O) groups is 1. The van der Waals surface area contributed by atoms with Crippen LogP contribution in [-0.2, 0) is 17.9 Å². The number of aromatic nitrogens is 2. The summed E-state index contributed by atoms with van der Waals surface area (Å²) in [5.74, 6) is 1.42. The Balaban J connectivity index is 1.67. The van der Waals surface area contributed by atoms with Crippen molar-refractivity contribution in [2.45, 2.75) is 39.8 Å². The number of rotatable bonds is 7. The minimum Gasteiger partial charge on any atom is -0.497 e. The highest BCUT2D eigenvalue weighted by molar-refractivity contribution is 7.18. The average molecular weight is 457 g/mol. The summed E-state index contributed by atoms with van der Waals surface area (Å²) < 4.78 is 12.1. The molecule has 9 heteroatoms. The molecule has 170 valence electrons. The van der Waals surface area contributed by atoms with Crippen molar-refractivity contribution in [2.24, 2.45) is 0 Å². The van der Waals surface area contributed by atoms with Crippen molar-refractivity contribution < 1.29 is 14.3 Å². The first kappa shape index (κ1) is 22.3. The predicted octanol–water partition coefficient (Wildman–Crippen LogP) is 3.33. The molecule has 0 unspecified atom stereocenters. The molecule has 1 fully saturated rings. The maximum absolute atomic E-state index is 13.4. The molecule has 0 saturated carbocycles. The van der Waals surface area contributed by atoms with Crippen LogP contribution in [0.2, 0.25) is 0 Å². The van der Waals surface area contributed by atoms with Gasteiger partial charge in [0.1, 0.15) is 28.7 Å². The van der Waals surface area contributed by atoms with Crippen molar-refractivity contribution in [2.75, 3.05) is 32.6 Å². The van der Waals surface area contributed by atoms with Crippen molar-refractivity contribution >= 4 is 33.1 Å². The Labute approximate surface area is 190 Å². The molecule has 0 radical (unpaired) electrons. The minimum atomic E-state index is -0.316. The van der Waals surface area contributed by atoms with E-state index in [0.717, 1.165) is 41.2 Å². The summed E-state index contributed by atoms with van der Waals surface area (Å²) >= 11 is 1.53. The molecular formula is C23H28N4O4S. The number of hydrogen-bond donors (Lipinski definition) is 1. The smallest absolute Gasteiger partial charge is 0.263 e. The number of amides is 1. The van der Waals surface area contributed by atoms with Gasteiger partial charge in [-0.05, 0) is 57.5 Å². The maximum atomic E-state index is 13.4. The van der Waals surface area contributed by atoms with E-state index in [0.29, 0.717) is 34.9 Å². The van der Waals surface area contributed by atoms with E-state index in [4.69, 9.17) is 14.5 Å². The number of fused-ring (bicyclic) bond motifs is 1. The van der Waals surface area contributed by atoms with Crippen LogP contribution < -0.4 is 20.3 Å². The molecule has 0 aliphatic carbocycles. The summed E-state index contributed by atoms with van der Waals surface area (Å²) in [5, 5.41) is 3.46. The van der Waals surface area contributed by atoms with E-state index >= 15 is 0 Å². The number of aryl methyl sites for hydroxylation is 2. The van der Waals surface area contributed by atoms with E-state index in [9.17, 15) is 9.59 Å². The Morgan fingerprint density at radius 2 is 1.94 bits per heavy atom. The second kappa shape index (κ2) is 9.30. The first-order valence-electron chi connectivity index (χ1n) is 10.6. The van der Waals surface area contributed by atoms with Crippen molar-refractivity contribution in [1.82, 2.24) is 14.5 Å². The monoisotopic (exact) mass is 456 g/mol. The lowest BCUT2D eigenvalue weighted by molar-refractivity contribution is -0.116. The summed E-state index contributed by atoms with van der Waals surface area (Å²) in [6.45, 7) is 6.32. The standard InChI is InChI=1S/C23H28N4O4S/c1-14-15(2)32-22-21(14)23(29)27(19(25-22)12-26-9-5-6-10-26)13-20(28)24-17-8-7-16(30-3)11-18(17)31-4/h7-8,11H,5-6,9-10,12-13H2,1-4H3,(H,24,28). The van der Waals surface area contributed by atoms with Crippen LogP contribution in [0.4, 0.5) is 5.69 Å². The van der Waals surface area contributed by atoms with E-state index in [1.807, 2.05) is 13.8 Å². The Kier molecular flexibility index (Phi) is 6.48. The summed E-state index contributed by atoms with van der Waals surface area (Å²) in [7, 11) is 3.10. The molecule has 1 saturated heterocycles. The summed E-state index contributed by atoms with van der Waals surface area (Å²) in [6.07, 6.45) is 2.28. The molecule has 3 heterocycles. The Bertz CT molecular complexity index is 1210. The lowest BCUT2D eigenvalue weighted by atomic mass is 10.2. The molecule has 8 nitrogen and oxygen atoms in total. The quantitative estimate of drug-likeness (QED) is 0.587. The molecule has 0 atom stereocenters. The van der Waals surface area contributed by atoms with Crippen molar-refractivity contribution in [3.63, 3.8) is 0 Å². The predicted molar refractivity (Wildman–Crippen MR) is 126 cm³/mol. The molecule has 0 bridgehead atoms. The first-order valence-corrected chi connectivity index (χ1v) is 11.5. The SMILES string of the molecule is COc1ccc(NC(=O)Cn2c(CN3CCCC3)nc3sc(C)c(C)c3c2=O)c(OC)c1. The highest BCUT2D eigenvalue weighted by Gasteiger charge is 2.21. The molecular weight excluding hydrogens is 428 g/mol. The third-order valence-electron chi connectivity index (χ3n) is 5.92. The summed E-state index contributed by atoms with van der Waals surface area (Å²) in [6, 6.07) is 5.16. The van der Waals surface area contributed by atoms with Gasteiger partial charge >= 0.3 is 0 Å². The lowest BCUT2D eigenvalue weighted by Gasteiger charge is -2.18. The van der Waals surface area contributed by atoms with E-state index in [-0.39, 0.29) is 18.0 Å². The van der Waals surface area contributed by atoms with Gasteiger partial charge < -0.3 is 14.8 Å². The van der Waals surface area contributed by atoms with Gasteiger partial charge in [0.2, 0.25) is 5.91 Å². The third-order valence-corrected chi connectivity index (χ3v) is 7.02. The Morgan fingerprint density at radius 3 is 2.62 bits per heavy atom. The van der Waals surface area contributed by atoms with Gasteiger partial charge in [-0.15, -0.1) is 11.3 Å². The number of benzene rings is 1. The molecule has 1 aromatic carbocycles. The molecule has 1 N–H and O–H groups in total. The Hall–Kier alpha value is -2.91. The number of thiophene rings is 1. The van der Waals surface area contributed by atoms with Gasteiger partial charge in [0.15, 0.2) is 0 Å². The number of hydrogen-bond acceptors (Lipinski definition) is 7. The highest BCUT2D eigenvalue weighted by Crippen LogP contribution is 2.29. The van der Waals surface area contributed by atoms with Crippen LogP contribution >= 0.6 is 11.3 Å².